The highest BCUT2D eigenvalue weighted by molar-refractivity contribution is 6.30. The van der Waals surface area contributed by atoms with Crippen LogP contribution in [0.4, 0.5) is 4.79 Å². The van der Waals surface area contributed by atoms with Gasteiger partial charge >= 0.3 is 6.09 Å². The monoisotopic (exact) mass is 282 g/mol. The maximum Gasteiger partial charge on any atom is 0.407 e. The zero-order valence-corrected chi connectivity index (χ0v) is 10.6. The number of pyridine rings is 1. The topological polar surface area (TPSA) is 98.4 Å². The first-order valence-corrected chi connectivity index (χ1v) is 6.17. The van der Waals surface area contributed by atoms with Crippen molar-refractivity contribution in [1.29, 1.82) is 0 Å². The molecule has 0 aromatic carbocycles. The number of carboxylic acid groups (broad SMARTS) is 1. The number of amides is 1. The van der Waals surface area contributed by atoms with Crippen LogP contribution in [-0.2, 0) is 0 Å². The second kappa shape index (κ2) is 4.14. The summed E-state index contributed by atoms with van der Waals surface area (Å²) < 4.78 is 0. The van der Waals surface area contributed by atoms with Crippen molar-refractivity contribution in [3.05, 3.63) is 28.1 Å². The average Bonchev–Trinajstić information content (AvgIpc) is 2.92. The second-order valence-electron chi connectivity index (χ2n) is 4.62. The van der Waals surface area contributed by atoms with E-state index in [2.05, 4.69) is 15.0 Å². The Labute approximate surface area is 112 Å². The van der Waals surface area contributed by atoms with Gasteiger partial charge in [-0.15, -0.1) is 0 Å². The number of nitrogens with zero attached hydrogens (tertiary/aromatic N) is 4. The number of carbonyl (C=O) groups is 1. The molecule has 7 nitrogen and oxygen atoms in total. The smallest absolute Gasteiger partial charge is 0.407 e. The van der Waals surface area contributed by atoms with E-state index in [1.165, 1.54) is 11.1 Å². The standard InChI is InChI=1S/C11H11ClN4O3/c12-7-3-8-9(13-4-7)15-11(19,14-8)6-1-2-16(5-6)10(17)18/h3-4,6,19H,1-2,5H2,(H,17,18)/t6-,11?/m1/s1. The lowest BCUT2D eigenvalue weighted by Gasteiger charge is -2.22. The summed E-state index contributed by atoms with van der Waals surface area (Å²) in [4.78, 5) is 24.4. The van der Waals surface area contributed by atoms with Gasteiger partial charge in [-0.2, -0.15) is 0 Å². The number of hydrogen-bond donors (Lipinski definition) is 2. The van der Waals surface area contributed by atoms with Gasteiger partial charge in [0.25, 0.3) is 5.85 Å². The van der Waals surface area contributed by atoms with Gasteiger partial charge in [0.05, 0.1) is 10.9 Å². The number of halogens is 1. The van der Waals surface area contributed by atoms with Gasteiger partial charge in [-0.1, -0.05) is 11.6 Å². The first-order valence-electron chi connectivity index (χ1n) is 5.79. The molecule has 0 bridgehead atoms. The van der Waals surface area contributed by atoms with Gasteiger partial charge in [0.1, 0.15) is 5.36 Å². The summed E-state index contributed by atoms with van der Waals surface area (Å²) in [5.74, 6) is -2.00. The number of aromatic nitrogens is 1. The minimum atomic E-state index is -1.63. The number of hydrogen-bond acceptors (Lipinski definition) is 5. The fourth-order valence-corrected chi connectivity index (χ4v) is 2.53. The summed E-state index contributed by atoms with van der Waals surface area (Å²) >= 11 is 5.81. The maximum absolute atomic E-state index is 10.9. The fraction of sp³-hybridized carbons (Fsp3) is 0.455. The Morgan fingerprint density at radius 1 is 1.53 bits per heavy atom. The lowest BCUT2D eigenvalue weighted by Crippen LogP contribution is -2.36. The van der Waals surface area contributed by atoms with Crippen molar-refractivity contribution >= 4 is 17.7 Å². The summed E-state index contributed by atoms with van der Waals surface area (Å²) in [5.41, 5.74) is 0.334. The third-order valence-electron chi connectivity index (χ3n) is 3.38. The first kappa shape index (κ1) is 12.3. The molecule has 2 atom stereocenters. The van der Waals surface area contributed by atoms with Crippen molar-refractivity contribution in [2.75, 3.05) is 13.1 Å². The Bertz CT molecular complexity index is 664. The normalized spacial score (nSPS) is 28.7. The molecule has 3 rings (SSSR count). The molecule has 1 saturated heterocycles. The van der Waals surface area contributed by atoms with E-state index >= 15 is 0 Å². The molecule has 1 unspecified atom stereocenters. The molecule has 1 amide bonds. The van der Waals surface area contributed by atoms with E-state index in [1.807, 2.05) is 0 Å². The summed E-state index contributed by atoms with van der Waals surface area (Å²) in [7, 11) is 0. The number of rotatable bonds is 1. The van der Waals surface area contributed by atoms with Crippen LogP contribution in [0.2, 0.25) is 5.02 Å². The van der Waals surface area contributed by atoms with Crippen LogP contribution in [0.3, 0.4) is 0 Å². The Balaban J connectivity index is 1.93. The Morgan fingerprint density at radius 3 is 3.00 bits per heavy atom. The second-order valence-corrected chi connectivity index (χ2v) is 5.06. The van der Waals surface area contributed by atoms with Crippen LogP contribution in [0.5, 0.6) is 0 Å². The van der Waals surface area contributed by atoms with Crippen LogP contribution in [0.15, 0.2) is 22.2 Å². The van der Waals surface area contributed by atoms with Crippen LogP contribution >= 0.6 is 11.6 Å². The molecule has 2 aliphatic heterocycles. The summed E-state index contributed by atoms with van der Waals surface area (Å²) in [6.45, 7) is 0.582. The van der Waals surface area contributed by atoms with Crippen LogP contribution in [-0.4, -0.2) is 45.1 Å². The maximum atomic E-state index is 10.9. The van der Waals surface area contributed by atoms with Gasteiger partial charge in [-0.3, -0.25) is 0 Å². The SMILES string of the molecule is O=C(O)N1CC[C@@H](C2(O)N=c3cc(Cl)cnc3=N2)C1. The predicted molar refractivity (Wildman–Crippen MR) is 64.2 cm³/mol. The zero-order valence-electron chi connectivity index (χ0n) is 9.82. The summed E-state index contributed by atoms with van der Waals surface area (Å²) in [6.07, 6.45) is 0.948. The minimum Gasteiger partial charge on any atom is -0.465 e. The largest absolute Gasteiger partial charge is 0.465 e. The quantitative estimate of drug-likeness (QED) is 0.734. The van der Waals surface area contributed by atoms with E-state index in [9.17, 15) is 9.90 Å². The van der Waals surface area contributed by atoms with Gasteiger partial charge in [0, 0.05) is 19.3 Å². The molecular formula is C11H11ClN4O3. The van der Waals surface area contributed by atoms with Gasteiger partial charge in [0.15, 0.2) is 5.49 Å². The fourth-order valence-electron chi connectivity index (χ4n) is 2.38. The summed E-state index contributed by atoms with van der Waals surface area (Å²) in [5, 5.41) is 20.2. The van der Waals surface area contributed by atoms with E-state index in [0.717, 1.165) is 0 Å². The highest BCUT2D eigenvalue weighted by Crippen LogP contribution is 2.30. The first-order chi connectivity index (χ1) is 8.98. The van der Waals surface area contributed by atoms with Crippen molar-refractivity contribution in [2.45, 2.75) is 12.3 Å². The molecule has 3 heterocycles. The van der Waals surface area contributed by atoms with E-state index in [4.69, 9.17) is 16.7 Å². The van der Waals surface area contributed by atoms with E-state index in [1.54, 1.807) is 6.07 Å². The molecule has 0 aliphatic carbocycles. The van der Waals surface area contributed by atoms with Gasteiger partial charge in [-0.25, -0.2) is 19.8 Å². The lowest BCUT2D eigenvalue weighted by atomic mass is 10.0. The summed E-state index contributed by atoms with van der Waals surface area (Å²) in [6, 6.07) is 1.58. The minimum absolute atomic E-state index is 0.209. The highest BCUT2D eigenvalue weighted by Gasteiger charge is 2.43. The molecule has 0 saturated carbocycles. The van der Waals surface area contributed by atoms with Crippen molar-refractivity contribution in [3.8, 4) is 0 Å². The molecule has 100 valence electrons. The predicted octanol–water partition coefficient (Wildman–Crippen LogP) is -0.366. The number of likely N-dealkylation sites (tertiary alicyclic amines) is 1. The van der Waals surface area contributed by atoms with Crippen LogP contribution < -0.4 is 10.8 Å². The van der Waals surface area contributed by atoms with Gasteiger partial charge < -0.3 is 15.1 Å². The molecule has 0 spiro atoms. The molecule has 1 aromatic rings. The highest BCUT2D eigenvalue weighted by atomic mass is 35.5. The van der Waals surface area contributed by atoms with Crippen LogP contribution in [0, 0.1) is 5.92 Å². The van der Waals surface area contributed by atoms with Gasteiger partial charge in [0.2, 0.25) is 0 Å². The van der Waals surface area contributed by atoms with E-state index in [-0.39, 0.29) is 12.5 Å². The van der Waals surface area contributed by atoms with Crippen LogP contribution in [0.25, 0.3) is 0 Å². The Morgan fingerprint density at radius 2 is 2.32 bits per heavy atom. The van der Waals surface area contributed by atoms with Crippen molar-refractivity contribution in [2.24, 2.45) is 15.9 Å². The zero-order chi connectivity index (χ0) is 13.6. The molecule has 19 heavy (non-hydrogen) atoms. The molecule has 1 fully saturated rings. The van der Waals surface area contributed by atoms with Crippen molar-refractivity contribution < 1.29 is 15.0 Å². The van der Waals surface area contributed by atoms with Gasteiger partial charge in [-0.05, 0) is 12.5 Å². The Kier molecular flexibility index (Phi) is 2.68. The third-order valence-corrected chi connectivity index (χ3v) is 3.58. The lowest BCUT2D eigenvalue weighted by molar-refractivity contribution is 0.000658. The molecule has 0 radical (unpaired) electrons. The average molecular weight is 283 g/mol. The van der Waals surface area contributed by atoms with Crippen molar-refractivity contribution in [1.82, 2.24) is 9.88 Å². The van der Waals surface area contributed by atoms with Crippen LogP contribution in [0.1, 0.15) is 6.42 Å². The molecule has 1 aromatic heterocycles. The number of fused-ring (bicyclic) bond motifs is 1. The van der Waals surface area contributed by atoms with Crippen molar-refractivity contribution in [3.63, 3.8) is 0 Å². The third kappa shape index (κ3) is 2.04. The van der Waals surface area contributed by atoms with E-state index < -0.39 is 11.9 Å². The number of aliphatic hydroxyl groups is 1. The molecule has 2 N–H and O–H groups in total. The molecular weight excluding hydrogens is 272 g/mol. The Hall–Kier alpha value is -1.73. The van der Waals surface area contributed by atoms with E-state index in [0.29, 0.717) is 28.8 Å². The molecule has 8 heteroatoms. The molecule has 2 aliphatic rings.